The van der Waals surface area contributed by atoms with Crippen molar-refractivity contribution in [2.45, 2.75) is 26.3 Å². The van der Waals surface area contributed by atoms with Gasteiger partial charge in [-0.1, -0.05) is 0 Å². The molecule has 1 aromatic rings. The van der Waals surface area contributed by atoms with Gasteiger partial charge in [0.2, 0.25) is 5.91 Å². The summed E-state index contributed by atoms with van der Waals surface area (Å²) in [5.41, 5.74) is 1.02. The number of amides is 1. The van der Waals surface area contributed by atoms with Gasteiger partial charge in [0.05, 0.1) is 12.5 Å². The maximum atomic E-state index is 11.8. The lowest BCUT2D eigenvalue weighted by Crippen LogP contribution is -2.40. The molecule has 0 aliphatic carbocycles. The number of hydrogen-bond donors (Lipinski definition) is 2. The first kappa shape index (κ1) is 17.6. The topological polar surface area (TPSA) is 54.0 Å². The van der Waals surface area contributed by atoms with E-state index in [9.17, 15) is 4.79 Å². The molecule has 2 rings (SSSR count). The summed E-state index contributed by atoms with van der Waals surface area (Å²) in [7, 11) is 0. The minimum Gasteiger partial charge on any atom is -0.349 e. The number of carbonyl (C=O) groups is 1. The summed E-state index contributed by atoms with van der Waals surface area (Å²) < 4.78 is 0. The first-order valence-corrected chi connectivity index (χ1v) is 6.53. The number of nitrogens with zero attached hydrogens (tertiary/aromatic N) is 1. The molecule has 2 N–H and O–H groups in total. The predicted molar refractivity (Wildman–Crippen MR) is 78.8 cm³/mol. The van der Waals surface area contributed by atoms with Crippen LogP contribution in [-0.2, 0) is 11.3 Å². The van der Waals surface area contributed by atoms with Crippen molar-refractivity contribution in [2.24, 2.45) is 5.92 Å². The largest absolute Gasteiger partial charge is 0.349 e. The van der Waals surface area contributed by atoms with Gasteiger partial charge in [0, 0.05) is 17.6 Å². The number of piperidine rings is 1. The Morgan fingerprint density at radius 2 is 2.39 bits per heavy atom. The third kappa shape index (κ3) is 5.10. The van der Waals surface area contributed by atoms with E-state index in [0.717, 1.165) is 36.6 Å². The molecule has 104 valence electrons. The normalized spacial score (nSPS) is 18.4. The van der Waals surface area contributed by atoms with Crippen molar-refractivity contribution in [1.82, 2.24) is 15.6 Å². The molecule has 0 saturated carbocycles. The monoisotopic (exact) mass is 311 g/mol. The third-order valence-electron chi connectivity index (χ3n) is 2.75. The van der Waals surface area contributed by atoms with Gasteiger partial charge in [-0.05, 0) is 26.3 Å². The molecular weight excluding hydrogens is 293 g/mol. The summed E-state index contributed by atoms with van der Waals surface area (Å²) in [6.45, 7) is 4.37. The molecule has 0 radical (unpaired) electrons. The molecule has 0 aromatic carbocycles. The molecule has 1 aromatic heterocycles. The van der Waals surface area contributed by atoms with Crippen molar-refractivity contribution in [2.75, 3.05) is 13.1 Å². The lowest BCUT2D eigenvalue weighted by atomic mass is 9.99. The zero-order valence-corrected chi connectivity index (χ0v) is 12.7. The van der Waals surface area contributed by atoms with Gasteiger partial charge in [-0.2, -0.15) is 0 Å². The number of rotatable bonds is 3. The van der Waals surface area contributed by atoms with Crippen LogP contribution in [0.5, 0.6) is 0 Å². The molecule has 0 spiro atoms. The van der Waals surface area contributed by atoms with E-state index in [4.69, 9.17) is 0 Å². The lowest BCUT2D eigenvalue weighted by Gasteiger charge is -2.21. The van der Waals surface area contributed by atoms with Crippen molar-refractivity contribution in [3.63, 3.8) is 0 Å². The van der Waals surface area contributed by atoms with Gasteiger partial charge in [-0.15, -0.1) is 36.2 Å². The highest BCUT2D eigenvalue weighted by molar-refractivity contribution is 7.09. The van der Waals surface area contributed by atoms with Gasteiger partial charge in [0.1, 0.15) is 5.01 Å². The van der Waals surface area contributed by atoms with Gasteiger partial charge >= 0.3 is 0 Å². The van der Waals surface area contributed by atoms with Gasteiger partial charge in [-0.25, -0.2) is 4.98 Å². The summed E-state index contributed by atoms with van der Waals surface area (Å²) in [4.78, 5) is 16.1. The first-order valence-electron chi connectivity index (χ1n) is 5.65. The van der Waals surface area contributed by atoms with Crippen LogP contribution in [0.3, 0.4) is 0 Å². The Morgan fingerprint density at radius 3 is 2.94 bits per heavy atom. The van der Waals surface area contributed by atoms with Crippen LogP contribution in [0.4, 0.5) is 0 Å². The fraction of sp³-hybridized carbons (Fsp3) is 0.636. The third-order valence-corrected chi connectivity index (χ3v) is 3.71. The highest BCUT2D eigenvalue weighted by atomic mass is 35.5. The van der Waals surface area contributed by atoms with Crippen LogP contribution in [0.15, 0.2) is 5.38 Å². The number of halogens is 2. The summed E-state index contributed by atoms with van der Waals surface area (Å²) in [6.07, 6.45) is 2.09. The molecule has 1 aliphatic rings. The van der Waals surface area contributed by atoms with Gasteiger partial charge in [-0.3, -0.25) is 4.79 Å². The van der Waals surface area contributed by atoms with E-state index in [2.05, 4.69) is 15.6 Å². The Bertz CT molecular complexity index is 367. The standard InChI is InChI=1S/C11H17N3OS.2ClH/c1-8-7-16-10(14-8)6-13-11(15)9-3-2-4-12-5-9;;/h7,9,12H,2-6H2,1H3,(H,13,15);2*1H. The van der Waals surface area contributed by atoms with Crippen LogP contribution in [0, 0.1) is 12.8 Å². The molecular formula is C11H19Cl2N3OS. The Kier molecular flexibility index (Phi) is 8.52. The van der Waals surface area contributed by atoms with Crippen molar-refractivity contribution >= 4 is 42.1 Å². The first-order chi connectivity index (χ1) is 7.75. The van der Waals surface area contributed by atoms with Gasteiger partial charge < -0.3 is 10.6 Å². The van der Waals surface area contributed by atoms with Crippen LogP contribution in [-0.4, -0.2) is 24.0 Å². The maximum Gasteiger partial charge on any atom is 0.224 e. The lowest BCUT2D eigenvalue weighted by molar-refractivity contribution is -0.125. The van der Waals surface area contributed by atoms with E-state index < -0.39 is 0 Å². The minimum absolute atomic E-state index is 0. The highest BCUT2D eigenvalue weighted by Gasteiger charge is 2.20. The minimum atomic E-state index is 0. The van der Waals surface area contributed by atoms with Gasteiger partial charge in [0.15, 0.2) is 0 Å². The molecule has 1 amide bonds. The van der Waals surface area contributed by atoms with Crippen molar-refractivity contribution < 1.29 is 4.79 Å². The number of hydrogen-bond acceptors (Lipinski definition) is 4. The molecule has 4 nitrogen and oxygen atoms in total. The van der Waals surface area contributed by atoms with E-state index in [1.165, 1.54) is 0 Å². The molecule has 1 fully saturated rings. The quantitative estimate of drug-likeness (QED) is 0.896. The average Bonchev–Trinajstić information content (AvgIpc) is 2.73. The van der Waals surface area contributed by atoms with Crippen LogP contribution >= 0.6 is 36.2 Å². The van der Waals surface area contributed by atoms with Crippen LogP contribution in [0.25, 0.3) is 0 Å². The molecule has 0 bridgehead atoms. The second-order valence-electron chi connectivity index (χ2n) is 4.14. The number of nitrogens with one attached hydrogen (secondary N) is 2. The molecule has 7 heteroatoms. The van der Waals surface area contributed by atoms with E-state index in [1.807, 2.05) is 12.3 Å². The fourth-order valence-corrected chi connectivity index (χ4v) is 2.58. The number of thiazole rings is 1. The van der Waals surface area contributed by atoms with E-state index in [-0.39, 0.29) is 36.6 Å². The van der Waals surface area contributed by atoms with Gasteiger partial charge in [0.25, 0.3) is 0 Å². The number of carbonyl (C=O) groups excluding carboxylic acids is 1. The average molecular weight is 312 g/mol. The van der Waals surface area contributed by atoms with Crippen LogP contribution in [0.2, 0.25) is 0 Å². The second-order valence-corrected chi connectivity index (χ2v) is 5.09. The van der Waals surface area contributed by atoms with E-state index in [1.54, 1.807) is 11.3 Å². The second kappa shape index (κ2) is 8.69. The van der Waals surface area contributed by atoms with Crippen molar-refractivity contribution in [3.8, 4) is 0 Å². The van der Waals surface area contributed by atoms with Crippen LogP contribution in [0.1, 0.15) is 23.5 Å². The molecule has 1 atom stereocenters. The molecule has 2 heterocycles. The molecule has 1 saturated heterocycles. The molecule has 1 aliphatic heterocycles. The Hall–Kier alpha value is -0.360. The smallest absolute Gasteiger partial charge is 0.224 e. The zero-order chi connectivity index (χ0) is 11.4. The fourth-order valence-electron chi connectivity index (χ4n) is 1.87. The van der Waals surface area contributed by atoms with E-state index in [0.29, 0.717) is 6.54 Å². The summed E-state index contributed by atoms with van der Waals surface area (Å²) in [5.74, 6) is 0.287. The Morgan fingerprint density at radius 1 is 1.61 bits per heavy atom. The van der Waals surface area contributed by atoms with Crippen LogP contribution < -0.4 is 10.6 Å². The maximum absolute atomic E-state index is 11.8. The van der Waals surface area contributed by atoms with Crippen molar-refractivity contribution in [3.05, 3.63) is 16.1 Å². The Balaban J connectivity index is 0.00000144. The number of aryl methyl sites for hydroxylation is 1. The number of aromatic nitrogens is 1. The summed E-state index contributed by atoms with van der Waals surface area (Å²) in [5, 5.41) is 9.18. The summed E-state index contributed by atoms with van der Waals surface area (Å²) in [6, 6.07) is 0. The predicted octanol–water partition coefficient (Wildman–Crippen LogP) is 1.91. The summed E-state index contributed by atoms with van der Waals surface area (Å²) >= 11 is 1.60. The van der Waals surface area contributed by atoms with E-state index >= 15 is 0 Å². The SMILES string of the molecule is Cc1csc(CNC(=O)C2CCCNC2)n1.Cl.Cl. The highest BCUT2D eigenvalue weighted by Crippen LogP contribution is 2.11. The Labute approximate surface area is 124 Å². The molecule has 18 heavy (non-hydrogen) atoms. The zero-order valence-electron chi connectivity index (χ0n) is 10.3. The molecule has 1 unspecified atom stereocenters. The van der Waals surface area contributed by atoms with Crippen molar-refractivity contribution in [1.29, 1.82) is 0 Å².